The van der Waals surface area contributed by atoms with Gasteiger partial charge in [-0.25, -0.2) is 21.6 Å². The third kappa shape index (κ3) is 4.07. The van der Waals surface area contributed by atoms with Gasteiger partial charge in [-0.1, -0.05) is 19.9 Å². The molecule has 0 amide bonds. The maximum absolute atomic E-state index is 12.8. The van der Waals surface area contributed by atoms with E-state index >= 15 is 0 Å². The number of hydrogen-bond acceptors (Lipinski definition) is 5. The number of aromatic nitrogens is 2. The topological polar surface area (TPSA) is 132 Å². The van der Waals surface area contributed by atoms with Crippen LogP contribution >= 0.6 is 0 Å². The average molecular weight is 439 g/mol. The molecule has 11 heteroatoms. The Balaban J connectivity index is 2.01. The zero-order valence-corrected chi connectivity index (χ0v) is 17.8. The van der Waals surface area contributed by atoms with E-state index in [2.05, 4.69) is 14.7 Å². The first-order valence-corrected chi connectivity index (χ1v) is 11.9. The van der Waals surface area contributed by atoms with Crippen LogP contribution in [0.4, 0.5) is 5.69 Å². The van der Waals surface area contributed by atoms with Gasteiger partial charge in [0, 0.05) is 13.1 Å². The SMILES string of the molecule is CCN(CC)S(=O)(=O)c1ccc(C)c(NS(=O)(=O)c2ccc3[nH]c(=O)[nH]c3c2)c1. The summed E-state index contributed by atoms with van der Waals surface area (Å²) >= 11 is 0. The monoisotopic (exact) mass is 438 g/mol. The van der Waals surface area contributed by atoms with Crippen molar-refractivity contribution in [2.45, 2.75) is 30.6 Å². The third-order valence-corrected chi connectivity index (χ3v) is 8.00. The summed E-state index contributed by atoms with van der Waals surface area (Å²) in [4.78, 5) is 16.4. The molecule has 1 heterocycles. The lowest BCUT2D eigenvalue weighted by Crippen LogP contribution is -2.30. The number of aromatic amines is 2. The molecule has 0 spiro atoms. The van der Waals surface area contributed by atoms with Crippen LogP contribution in [-0.4, -0.2) is 44.2 Å². The lowest BCUT2D eigenvalue weighted by molar-refractivity contribution is 0.445. The minimum Gasteiger partial charge on any atom is -0.306 e. The molecule has 156 valence electrons. The lowest BCUT2D eigenvalue weighted by Gasteiger charge is -2.19. The molecule has 0 atom stereocenters. The number of benzene rings is 2. The van der Waals surface area contributed by atoms with E-state index in [0.717, 1.165) is 0 Å². The van der Waals surface area contributed by atoms with Crippen LogP contribution in [-0.2, 0) is 20.0 Å². The molecule has 0 aliphatic heterocycles. The van der Waals surface area contributed by atoms with Crippen molar-refractivity contribution in [3.8, 4) is 0 Å². The first-order chi connectivity index (χ1) is 13.6. The van der Waals surface area contributed by atoms with Crippen molar-refractivity contribution in [1.29, 1.82) is 0 Å². The van der Waals surface area contributed by atoms with Gasteiger partial charge in [0.25, 0.3) is 10.0 Å². The van der Waals surface area contributed by atoms with Gasteiger partial charge in [-0.15, -0.1) is 0 Å². The fraction of sp³-hybridized carbons (Fsp3) is 0.278. The first-order valence-electron chi connectivity index (χ1n) is 8.94. The zero-order chi connectivity index (χ0) is 21.4. The number of anilines is 1. The van der Waals surface area contributed by atoms with Crippen LogP contribution in [0.5, 0.6) is 0 Å². The summed E-state index contributed by atoms with van der Waals surface area (Å²) in [5, 5.41) is 0. The highest BCUT2D eigenvalue weighted by Crippen LogP contribution is 2.26. The lowest BCUT2D eigenvalue weighted by atomic mass is 10.2. The molecule has 9 nitrogen and oxygen atoms in total. The van der Waals surface area contributed by atoms with Crippen molar-refractivity contribution in [3.63, 3.8) is 0 Å². The van der Waals surface area contributed by atoms with E-state index in [1.807, 2.05) is 0 Å². The molecule has 0 unspecified atom stereocenters. The fourth-order valence-electron chi connectivity index (χ4n) is 2.97. The summed E-state index contributed by atoms with van der Waals surface area (Å²) in [6, 6.07) is 8.51. The number of H-pyrrole nitrogens is 2. The van der Waals surface area contributed by atoms with Gasteiger partial charge in [0.2, 0.25) is 10.0 Å². The second kappa shape index (κ2) is 7.65. The van der Waals surface area contributed by atoms with Crippen molar-refractivity contribution >= 4 is 36.8 Å². The summed E-state index contributed by atoms with van der Waals surface area (Å²) in [6.07, 6.45) is 0. The Hall–Kier alpha value is -2.63. The van der Waals surface area contributed by atoms with Crippen molar-refractivity contribution in [3.05, 3.63) is 52.4 Å². The molecular formula is C18H22N4O5S2. The summed E-state index contributed by atoms with van der Waals surface area (Å²) < 4.78 is 54.9. The van der Waals surface area contributed by atoms with Crippen LogP contribution in [0.15, 0.2) is 51.0 Å². The second-order valence-corrected chi connectivity index (χ2v) is 10.1. The maximum atomic E-state index is 12.8. The molecule has 0 fully saturated rings. The molecule has 0 aliphatic rings. The zero-order valence-electron chi connectivity index (χ0n) is 16.2. The van der Waals surface area contributed by atoms with E-state index in [-0.39, 0.29) is 15.5 Å². The minimum absolute atomic E-state index is 0.00918. The predicted molar refractivity (Wildman–Crippen MR) is 111 cm³/mol. The van der Waals surface area contributed by atoms with E-state index in [9.17, 15) is 21.6 Å². The Morgan fingerprint density at radius 2 is 1.52 bits per heavy atom. The van der Waals surface area contributed by atoms with Crippen LogP contribution in [0.3, 0.4) is 0 Å². The van der Waals surface area contributed by atoms with Gasteiger partial charge in [0.1, 0.15) is 0 Å². The van der Waals surface area contributed by atoms with Gasteiger partial charge in [-0.3, -0.25) is 4.72 Å². The van der Waals surface area contributed by atoms with Crippen molar-refractivity contribution in [2.24, 2.45) is 0 Å². The third-order valence-electron chi connectivity index (χ3n) is 4.59. The standard InChI is InChI=1S/C18H22N4O5S2/c1-4-22(5-2)29(26,27)14-7-6-12(3)16(11-14)21-28(24,25)13-8-9-15-17(10-13)20-18(23)19-15/h6-11,21H,4-5H2,1-3H3,(H2,19,20,23). The Labute approximate surface area is 168 Å². The summed E-state index contributed by atoms with van der Waals surface area (Å²) in [5.74, 6) is 0. The molecule has 0 aliphatic carbocycles. The predicted octanol–water partition coefficient (Wildman–Crippen LogP) is 2.00. The van der Waals surface area contributed by atoms with Crippen molar-refractivity contribution in [1.82, 2.24) is 14.3 Å². The van der Waals surface area contributed by atoms with E-state index in [0.29, 0.717) is 29.7 Å². The van der Waals surface area contributed by atoms with E-state index in [1.165, 1.54) is 34.6 Å². The molecule has 0 bridgehead atoms. The molecule has 2 aromatic carbocycles. The van der Waals surface area contributed by atoms with Crippen molar-refractivity contribution < 1.29 is 16.8 Å². The van der Waals surface area contributed by atoms with Crippen LogP contribution in [0.25, 0.3) is 11.0 Å². The van der Waals surface area contributed by atoms with Gasteiger partial charge in [-0.2, -0.15) is 4.31 Å². The first kappa shape index (κ1) is 21.1. The largest absolute Gasteiger partial charge is 0.323 e. The molecule has 0 saturated carbocycles. The molecular weight excluding hydrogens is 416 g/mol. The number of sulfonamides is 2. The van der Waals surface area contributed by atoms with E-state index in [4.69, 9.17) is 0 Å². The minimum atomic E-state index is -4.01. The van der Waals surface area contributed by atoms with E-state index < -0.39 is 25.7 Å². The van der Waals surface area contributed by atoms with Gasteiger partial charge in [0.15, 0.2) is 0 Å². The molecule has 0 radical (unpaired) electrons. The van der Waals surface area contributed by atoms with Crippen LogP contribution in [0.1, 0.15) is 19.4 Å². The molecule has 0 saturated heterocycles. The van der Waals surface area contributed by atoms with Crippen LogP contribution < -0.4 is 10.4 Å². The number of aryl methyl sites for hydroxylation is 1. The summed E-state index contributed by atoms with van der Waals surface area (Å²) in [5.41, 5.74) is 1.14. The van der Waals surface area contributed by atoms with Crippen molar-refractivity contribution in [2.75, 3.05) is 17.8 Å². The maximum Gasteiger partial charge on any atom is 0.323 e. The van der Waals surface area contributed by atoms with Crippen LogP contribution in [0.2, 0.25) is 0 Å². The van der Waals surface area contributed by atoms with Gasteiger partial charge in [-0.05, 0) is 42.8 Å². The molecule has 29 heavy (non-hydrogen) atoms. The fourth-order valence-corrected chi connectivity index (χ4v) is 5.60. The van der Waals surface area contributed by atoms with Gasteiger partial charge in [0.05, 0.1) is 26.5 Å². The highest BCUT2D eigenvalue weighted by Gasteiger charge is 2.23. The van der Waals surface area contributed by atoms with Gasteiger partial charge < -0.3 is 9.97 Å². The average Bonchev–Trinajstić information content (AvgIpc) is 3.03. The second-order valence-electron chi connectivity index (χ2n) is 6.46. The Bertz CT molecular complexity index is 1320. The number of rotatable bonds is 7. The molecule has 3 N–H and O–H groups in total. The number of hydrogen-bond donors (Lipinski definition) is 3. The number of fused-ring (bicyclic) bond motifs is 1. The quantitative estimate of drug-likeness (QED) is 0.519. The Morgan fingerprint density at radius 3 is 2.17 bits per heavy atom. The molecule has 1 aromatic heterocycles. The highest BCUT2D eigenvalue weighted by molar-refractivity contribution is 7.92. The smallest absolute Gasteiger partial charge is 0.306 e. The molecule has 3 aromatic rings. The van der Waals surface area contributed by atoms with Gasteiger partial charge >= 0.3 is 5.69 Å². The molecule has 3 rings (SSSR count). The Kier molecular flexibility index (Phi) is 5.57. The summed E-state index contributed by atoms with van der Waals surface area (Å²) in [6.45, 7) is 5.77. The number of imidazole rings is 1. The normalized spacial score (nSPS) is 12.6. The Morgan fingerprint density at radius 1 is 0.897 bits per heavy atom. The van der Waals surface area contributed by atoms with E-state index in [1.54, 1.807) is 26.8 Å². The highest BCUT2D eigenvalue weighted by atomic mass is 32.2. The van der Waals surface area contributed by atoms with Crippen LogP contribution in [0, 0.1) is 6.92 Å². The summed E-state index contributed by atoms with van der Waals surface area (Å²) in [7, 11) is -7.74. The number of nitrogens with zero attached hydrogens (tertiary/aromatic N) is 1. The number of nitrogens with one attached hydrogen (secondary N) is 3.